The number of aryl methyl sites for hydroxylation is 2. The number of aromatic nitrogens is 2. The van der Waals surface area contributed by atoms with E-state index in [1.807, 2.05) is 19.9 Å². The number of benzene rings is 1. The van der Waals surface area contributed by atoms with Crippen LogP contribution in [0.1, 0.15) is 48.3 Å². The summed E-state index contributed by atoms with van der Waals surface area (Å²) < 4.78 is 13.5. The molecular weight excluding hydrogens is 390 g/mol. The predicted molar refractivity (Wildman–Crippen MR) is 121 cm³/mol. The molecule has 2 aromatic heterocycles. The molecule has 0 spiro atoms. The van der Waals surface area contributed by atoms with E-state index >= 15 is 0 Å². The van der Waals surface area contributed by atoms with Crippen molar-refractivity contribution in [3.63, 3.8) is 0 Å². The number of nitrogens with zero attached hydrogens (tertiary/aromatic N) is 3. The minimum Gasteiger partial charge on any atom is -0.493 e. The van der Waals surface area contributed by atoms with Crippen molar-refractivity contribution in [3.05, 3.63) is 47.0 Å². The Hall–Kier alpha value is -2.75. The van der Waals surface area contributed by atoms with Crippen LogP contribution in [0.15, 0.2) is 28.9 Å². The summed E-state index contributed by atoms with van der Waals surface area (Å²) in [6.07, 6.45) is 11.6. The molecule has 1 saturated heterocycles. The van der Waals surface area contributed by atoms with Crippen LogP contribution in [-0.2, 0) is 13.1 Å². The van der Waals surface area contributed by atoms with E-state index in [-0.39, 0.29) is 12.6 Å². The molecule has 1 atom stereocenters. The van der Waals surface area contributed by atoms with Crippen molar-refractivity contribution < 1.29 is 14.4 Å². The number of likely N-dealkylation sites (tertiary alicyclic amines) is 1. The van der Waals surface area contributed by atoms with Crippen LogP contribution in [0.4, 0.5) is 0 Å². The molecule has 0 aliphatic carbocycles. The number of fused-ring (bicyclic) bond motifs is 1. The lowest BCUT2D eigenvalue weighted by molar-refractivity contribution is 0.0844. The smallest absolute Gasteiger partial charge is 0.138 e. The third-order valence-corrected chi connectivity index (χ3v) is 6.29. The molecule has 1 aromatic carbocycles. The van der Waals surface area contributed by atoms with E-state index in [1.165, 1.54) is 23.8 Å². The van der Waals surface area contributed by atoms with Gasteiger partial charge in [0.15, 0.2) is 0 Å². The molecule has 1 fully saturated rings. The SMILES string of the molecule is C#CCCOc1ccc2c(c1)c(CN1CCCCC1CO)cn2Cc1c(C)noc1C. The Morgan fingerprint density at radius 1 is 1.29 bits per heavy atom. The average Bonchev–Trinajstić information content (AvgIpc) is 3.28. The summed E-state index contributed by atoms with van der Waals surface area (Å²) in [6, 6.07) is 6.46. The number of ether oxygens (including phenoxy) is 1. The molecule has 1 N–H and O–H groups in total. The summed E-state index contributed by atoms with van der Waals surface area (Å²) in [5, 5.41) is 15.1. The molecule has 1 aliphatic rings. The van der Waals surface area contributed by atoms with Crippen LogP contribution in [0.5, 0.6) is 5.75 Å². The van der Waals surface area contributed by atoms with Gasteiger partial charge in [0, 0.05) is 41.7 Å². The molecule has 6 heteroatoms. The molecule has 31 heavy (non-hydrogen) atoms. The van der Waals surface area contributed by atoms with Gasteiger partial charge in [0.2, 0.25) is 0 Å². The number of aliphatic hydroxyl groups excluding tert-OH is 1. The van der Waals surface area contributed by atoms with Crippen molar-refractivity contribution in [1.82, 2.24) is 14.6 Å². The first-order valence-electron chi connectivity index (χ1n) is 11.1. The molecule has 164 valence electrons. The normalized spacial score (nSPS) is 17.2. The Morgan fingerprint density at radius 2 is 2.16 bits per heavy atom. The number of hydrogen-bond donors (Lipinski definition) is 1. The number of piperidine rings is 1. The zero-order chi connectivity index (χ0) is 21.8. The van der Waals surface area contributed by atoms with Crippen LogP contribution in [0.2, 0.25) is 0 Å². The lowest BCUT2D eigenvalue weighted by Crippen LogP contribution is -2.41. The van der Waals surface area contributed by atoms with Gasteiger partial charge in [-0.2, -0.15) is 0 Å². The Balaban J connectivity index is 1.69. The second kappa shape index (κ2) is 9.59. The molecule has 6 nitrogen and oxygen atoms in total. The van der Waals surface area contributed by atoms with Gasteiger partial charge in [0.05, 0.1) is 25.5 Å². The first kappa shape index (κ1) is 21.5. The predicted octanol–water partition coefficient (Wildman–Crippen LogP) is 4.04. The minimum atomic E-state index is 0.207. The molecule has 3 aromatic rings. The zero-order valence-electron chi connectivity index (χ0n) is 18.4. The van der Waals surface area contributed by atoms with E-state index in [9.17, 15) is 5.11 Å². The van der Waals surface area contributed by atoms with Gasteiger partial charge in [0.1, 0.15) is 11.5 Å². The molecule has 0 bridgehead atoms. The Kier molecular flexibility index (Phi) is 6.64. The Labute approximate surface area is 183 Å². The number of aliphatic hydroxyl groups is 1. The van der Waals surface area contributed by atoms with Crippen LogP contribution in [0.3, 0.4) is 0 Å². The Bertz CT molecular complexity index is 1060. The Morgan fingerprint density at radius 3 is 2.90 bits per heavy atom. The second-order valence-electron chi connectivity index (χ2n) is 8.37. The van der Waals surface area contributed by atoms with E-state index in [0.717, 1.165) is 47.8 Å². The van der Waals surface area contributed by atoms with Gasteiger partial charge in [-0.05, 0) is 57.0 Å². The van der Waals surface area contributed by atoms with Crippen LogP contribution < -0.4 is 4.74 Å². The summed E-state index contributed by atoms with van der Waals surface area (Å²) in [5.41, 5.74) is 4.43. The van der Waals surface area contributed by atoms with Crippen LogP contribution in [-0.4, -0.2) is 45.5 Å². The lowest BCUT2D eigenvalue weighted by atomic mass is 10.0. The summed E-state index contributed by atoms with van der Waals surface area (Å²) in [7, 11) is 0. The third kappa shape index (κ3) is 4.63. The number of terminal acetylenes is 1. The fourth-order valence-electron chi connectivity index (χ4n) is 4.52. The van der Waals surface area contributed by atoms with Gasteiger partial charge < -0.3 is 18.9 Å². The van der Waals surface area contributed by atoms with Crippen LogP contribution in [0.25, 0.3) is 10.9 Å². The molecule has 3 heterocycles. The van der Waals surface area contributed by atoms with Gasteiger partial charge in [-0.25, -0.2) is 0 Å². The van der Waals surface area contributed by atoms with E-state index in [0.29, 0.717) is 19.6 Å². The van der Waals surface area contributed by atoms with Gasteiger partial charge in [-0.3, -0.25) is 4.90 Å². The van der Waals surface area contributed by atoms with E-state index in [4.69, 9.17) is 15.7 Å². The van der Waals surface area contributed by atoms with E-state index in [2.05, 4.69) is 38.9 Å². The standard InChI is InChI=1S/C25H31N3O3/c1-4-5-12-30-22-9-10-25-23(13-22)20(14-27-11-7-6-8-21(27)17-29)15-28(25)16-24-18(2)26-31-19(24)3/h1,9-10,13,15,21,29H,5-8,11-12,14,16-17H2,2-3H3. The number of hydrogen-bond acceptors (Lipinski definition) is 5. The summed E-state index contributed by atoms with van der Waals surface area (Å²) in [5.74, 6) is 4.30. The molecule has 4 rings (SSSR count). The highest BCUT2D eigenvalue weighted by molar-refractivity contribution is 5.85. The molecule has 0 amide bonds. The number of rotatable bonds is 8. The van der Waals surface area contributed by atoms with Crippen LogP contribution in [0, 0.1) is 26.2 Å². The quantitative estimate of drug-likeness (QED) is 0.439. The van der Waals surface area contributed by atoms with Crippen molar-refractivity contribution in [2.45, 2.75) is 58.7 Å². The molecular formula is C25H31N3O3. The summed E-state index contributed by atoms with van der Waals surface area (Å²) in [4.78, 5) is 2.41. The monoisotopic (exact) mass is 421 g/mol. The molecule has 0 radical (unpaired) electrons. The summed E-state index contributed by atoms with van der Waals surface area (Å²) >= 11 is 0. The minimum absolute atomic E-state index is 0.207. The zero-order valence-corrected chi connectivity index (χ0v) is 18.4. The summed E-state index contributed by atoms with van der Waals surface area (Å²) in [6.45, 7) is 7.19. The fourth-order valence-corrected chi connectivity index (χ4v) is 4.52. The molecule has 1 aliphatic heterocycles. The van der Waals surface area contributed by atoms with Crippen molar-refractivity contribution in [3.8, 4) is 18.1 Å². The van der Waals surface area contributed by atoms with Gasteiger partial charge in [-0.1, -0.05) is 11.6 Å². The second-order valence-corrected chi connectivity index (χ2v) is 8.37. The third-order valence-electron chi connectivity index (χ3n) is 6.29. The van der Waals surface area contributed by atoms with Gasteiger partial charge in [0.25, 0.3) is 0 Å². The maximum Gasteiger partial charge on any atom is 0.138 e. The maximum atomic E-state index is 9.85. The van der Waals surface area contributed by atoms with E-state index < -0.39 is 0 Å². The largest absolute Gasteiger partial charge is 0.493 e. The van der Waals surface area contributed by atoms with Crippen molar-refractivity contribution >= 4 is 10.9 Å². The highest BCUT2D eigenvalue weighted by atomic mass is 16.5. The molecule has 0 saturated carbocycles. The van der Waals surface area contributed by atoms with Crippen molar-refractivity contribution in [1.29, 1.82) is 0 Å². The molecule has 1 unspecified atom stereocenters. The van der Waals surface area contributed by atoms with Crippen molar-refractivity contribution in [2.24, 2.45) is 0 Å². The first-order chi connectivity index (χ1) is 15.1. The topological polar surface area (TPSA) is 63.7 Å². The maximum absolute atomic E-state index is 9.85. The first-order valence-corrected chi connectivity index (χ1v) is 11.1. The lowest BCUT2D eigenvalue weighted by Gasteiger charge is -2.34. The van der Waals surface area contributed by atoms with Gasteiger partial charge >= 0.3 is 0 Å². The highest BCUT2D eigenvalue weighted by Gasteiger charge is 2.23. The fraction of sp³-hybridized carbons (Fsp3) is 0.480. The highest BCUT2D eigenvalue weighted by Crippen LogP contribution is 2.30. The van der Waals surface area contributed by atoms with Crippen molar-refractivity contribution in [2.75, 3.05) is 19.8 Å². The van der Waals surface area contributed by atoms with Crippen LogP contribution >= 0.6 is 0 Å². The van der Waals surface area contributed by atoms with E-state index in [1.54, 1.807) is 0 Å². The average molecular weight is 422 g/mol. The van der Waals surface area contributed by atoms with Gasteiger partial charge in [-0.15, -0.1) is 12.3 Å².